The van der Waals surface area contributed by atoms with Gasteiger partial charge < -0.3 is 9.84 Å². The number of ether oxygens (including phenoxy) is 1. The maximum Gasteiger partial charge on any atom is 0.335 e. The molecule has 7 heteroatoms. The van der Waals surface area contributed by atoms with Crippen molar-refractivity contribution in [1.82, 2.24) is 19.7 Å². The van der Waals surface area contributed by atoms with E-state index in [2.05, 4.69) is 15.1 Å². The van der Waals surface area contributed by atoms with E-state index in [1.165, 1.54) is 0 Å². The van der Waals surface area contributed by atoms with Crippen LogP contribution < -0.4 is 4.74 Å². The van der Waals surface area contributed by atoms with Crippen LogP contribution in [0.3, 0.4) is 0 Å². The molecule has 0 spiro atoms. The summed E-state index contributed by atoms with van der Waals surface area (Å²) in [6.45, 7) is 3.96. The summed E-state index contributed by atoms with van der Waals surface area (Å²) in [5, 5.41) is 14.4. The molecule has 0 amide bonds. The van der Waals surface area contributed by atoms with Gasteiger partial charge in [-0.1, -0.05) is 12.1 Å². The highest BCUT2D eigenvalue weighted by Crippen LogP contribution is 2.24. The number of carboxylic acids is 1. The Bertz CT molecular complexity index is 1150. The number of hydrogen-bond acceptors (Lipinski definition) is 5. The number of nitrogens with zero attached hydrogens (tertiary/aromatic N) is 4. The van der Waals surface area contributed by atoms with Crippen LogP contribution in [0.4, 0.5) is 0 Å². The number of benzene rings is 2. The molecular weight excluding hydrogens is 356 g/mol. The molecular formula is C21H18N4O3. The third-order valence-electron chi connectivity index (χ3n) is 4.18. The van der Waals surface area contributed by atoms with E-state index in [0.29, 0.717) is 11.5 Å². The lowest BCUT2D eigenvalue weighted by molar-refractivity contribution is 0.0697. The number of rotatable bonds is 5. The molecule has 0 aliphatic rings. The van der Waals surface area contributed by atoms with Crippen molar-refractivity contribution in [3.63, 3.8) is 0 Å². The topological polar surface area (TPSA) is 90.1 Å². The van der Waals surface area contributed by atoms with E-state index in [9.17, 15) is 4.79 Å². The van der Waals surface area contributed by atoms with Crippen LogP contribution in [-0.2, 0) is 0 Å². The van der Waals surface area contributed by atoms with Crippen molar-refractivity contribution in [1.29, 1.82) is 0 Å². The third-order valence-corrected chi connectivity index (χ3v) is 4.18. The van der Waals surface area contributed by atoms with Crippen molar-refractivity contribution >= 4 is 16.9 Å². The van der Waals surface area contributed by atoms with E-state index >= 15 is 0 Å². The van der Waals surface area contributed by atoms with Crippen LogP contribution in [0.1, 0.15) is 24.2 Å². The number of hydrogen-bond donors (Lipinski definition) is 1. The minimum atomic E-state index is -0.964. The number of carboxylic acid groups (broad SMARTS) is 1. The molecule has 1 N–H and O–H groups in total. The maximum absolute atomic E-state index is 11.0. The first-order valence-electron chi connectivity index (χ1n) is 8.82. The van der Waals surface area contributed by atoms with Crippen molar-refractivity contribution < 1.29 is 14.6 Å². The lowest BCUT2D eigenvalue weighted by atomic mass is 10.1. The van der Waals surface area contributed by atoms with Gasteiger partial charge in [0.1, 0.15) is 5.75 Å². The fraction of sp³-hybridized carbons (Fsp3) is 0.143. The molecule has 4 aromatic rings. The highest BCUT2D eigenvalue weighted by Gasteiger charge is 2.11. The van der Waals surface area contributed by atoms with Crippen LogP contribution in [0.5, 0.6) is 5.75 Å². The minimum Gasteiger partial charge on any atom is -0.491 e. The Morgan fingerprint density at radius 3 is 2.57 bits per heavy atom. The molecule has 0 saturated heterocycles. The predicted molar refractivity (Wildman–Crippen MR) is 105 cm³/mol. The molecule has 0 atom stereocenters. The summed E-state index contributed by atoms with van der Waals surface area (Å²) >= 11 is 0. The van der Waals surface area contributed by atoms with Gasteiger partial charge in [0.2, 0.25) is 0 Å². The third kappa shape index (κ3) is 3.42. The standard InChI is InChI=1S/C21H18N4O3/c1-13(2)28-17-8-7-16-10-23-25(19(16)9-17)20-12-22-11-18(24-20)14-3-5-15(6-4-14)21(26)27/h3-13H,1-2H3,(H,26,27). The van der Waals surface area contributed by atoms with Crippen LogP contribution >= 0.6 is 0 Å². The Hall–Kier alpha value is -3.74. The van der Waals surface area contributed by atoms with Crippen LogP contribution in [0.15, 0.2) is 61.1 Å². The number of carbonyl (C=O) groups is 1. The van der Waals surface area contributed by atoms with Gasteiger partial charge in [-0.25, -0.2) is 14.5 Å². The van der Waals surface area contributed by atoms with Gasteiger partial charge in [0, 0.05) is 17.0 Å². The molecule has 140 valence electrons. The number of aromatic carboxylic acids is 1. The van der Waals surface area contributed by atoms with Crippen LogP contribution in [0, 0.1) is 0 Å². The fourth-order valence-electron chi connectivity index (χ4n) is 2.91. The van der Waals surface area contributed by atoms with Gasteiger partial charge in [0.15, 0.2) is 5.82 Å². The average Bonchev–Trinajstić information content (AvgIpc) is 3.11. The lowest BCUT2D eigenvalue weighted by Gasteiger charge is -2.10. The smallest absolute Gasteiger partial charge is 0.335 e. The molecule has 7 nitrogen and oxygen atoms in total. The first kappa shape index (κ1) is 17.7. The molecule has 28 heavy (non-hydrogen) atoms. The zero-order valence-electron chi connectivity index (χ0n) is 15.4. The summed E-state index contributed by atoms with van der Waals surface area (Å²) < 4.78 is 7.49. The Labute approximate surface area is 161 Å². The molecule has 2 aromatic heterocycles. The van der Waals surface area contributed by atoms with Crippen LogP contribution in [0.2, 0.25) is 0 Å². The summed E-state index contributed by atoms with van der Waals surface area (Å²) in [4.78, 5) is 20.0. The first-order chi connectivity index (χ1) is 13.5. The van der Waals surface area contributed by atoms with Crippen molar-refractivity contribution in [2.75, 3.05) is 0 Å². The van der Waals surface area contributed by atoms with Gasteiger partial charge in [0.25, 0.3) is 0 Å². The van der Waals surface area contributed by atoms with Gasteiger partial charge in [-0.05, 0) is 38.1 Å². The second-order valence-electron chi connectivity index (χ2n) is 6.59. The summed E-state index contributed by atoms with van der Waals surface area (Å²) in [7, 11) is 0. The molecule has 0 saturated carbocycles. The van der Waals surface area contributed by atoms with E-state index in [-0.39, 0.29) is 11.7 Å². The monoisotopic (exact) mass is 374 g/mol. The maximum atomic E-state index is 11.0. The van der Waals surface area contributed by atoms with E-state index in [1.807, 2.05) is 32.0 Å². The first-order valence-corrected chi connectivity index (χ1v) is 8.82. The summed E-state index contributed by atoms with van der Waals surface area (Å²) in [6, 6.07) is 12.3. The Morgan fingerprint density at radius 2 is 1.86 bits per heavy atom. The minimum absolute atomic E-state index is 0.0747. The van der Waals surface area contributed by atoms with Gasteiger partial charge >= 0.3 is 5.97 Å². The number of fused-ring (bicyclic) bond motifs is 1. The highest BCUT2D eigenvalue weighted by atomic mass is 16.5. The zero-order chi connectivity index (χ0) is 19.7. The molecule has 0 aliphatic heterocycles. The van der Waals surface area contributed by atoms with Gasteiger partial charge in [-0.15, -0.1) is 0 Å². The Morgan fingerprint density at radius 1 is 1.07 bits per heavy atom. The van der Waals surface area contributed by atoms with Gasteiger partial charge in [-0.2, -0.15) is 5.10 Å². The van der Waals surface area contributed by atoms with Crippen LogP contribution in [0.25, 0.3) is 28.0 Å². The van der Waals surface area contributed by atoms with E-state index in [0.717, 1.165) is 22.2 Å². The second kappa shape index (κ2) is 7.11. The Balaban J connectivity index is 1.74. The van der Waals surface area contributed by atoms with E-state index in [4.69, 9.17) is 9.84 Å². The van der Waals surface area contributed by atoms with Crippen molar-refractivity contribution in [2.45, 2.75) is 20.0 Å². The largest absolute Gasteiger partial charge is 0.491 e. The molecule has 0 aliphatic carbocycles. The molecule has 0 fully saturated rings. The zero-order valence-corrected chi connectivity index (χ0v) is 15.4. The molecule has 2 aromatic carbocycles. The van der Waals surface area contributed by atoms with E-state index in [1.54, 1.807) is 47.5 Å². The van der Waals surface area contributed by atoms with Crippen molar-refractivity contribution in [3.05, 3.63) is 66.6 Å². The predicted octanol–water partition coefficient (Wildman–Crippen LogP) is 3.97. The molecule has 0 radical (unpaired) electrons. The number of aromatic nitrogens is 4. The van der Waals surface area contributed by atoms with E-state index < -0.39 is 5.97 Å². The summed E-state index contributed by atoms with van der Waals surface area (Å²) in [5.41, 5.74) is 2.50. The average molecular weight is 374 g/mol. The molecule has 0 unspecified atom stereocenters. The fourth-order valence-corrected chi connectivity index (χ4v) is 2.91. The normalized spacial score (nSPS) is 11.1. The Kier molecular flexibility index (Phi) is 4.49. The molecule has 2 heterocycles. The molecule has 4 rings (SSSR count). The van der Waals surface area contributed by atoms with Crippen LogP contribution in [-0.4, -0.2) is 36.9 Å². The summed E-state index contributed by atoms with van der Waals surface area (Å²) in [6.07, 6.45) is 5.12. The van der Waals surface area contributed by atoms with Crippen molar-refractivity contribution in [3.8, 4) is 22.8 Å². The summed E-state index contributed by atoms with van der Waals surface area (Å²) in [5.74, 6) is 0.364. The molecule has 0 bridgehead atoms. The SMILES string of the molecule is CC(C)Oc1ccc2cnn(-c3cncc(-c4ccc(C(=O)O)cc4)n3)c2c1. The van der Waals surface area contributed by atoms with Gasteiger partial charge in [-0.3, -0.25) is 4.98 Å². The lowest BCUT2D eigenvalue weighted by Crippen LogP contribution is -2.06. The highest BCUT2D eigenvalue weighted by molar-refractivity contribution is 5.88. The second-order valence-corrected chi connectivity index (χ2v) is 6.59. The van der Waals surface area contributed by atoms with Gasteiger partial charge in [0.05, 0.1) is 41.5 Å². The quantitative estimate of drug-likeness (QED) is 0.568. The van der Waals surface area contributed by atoms with Crippen molar-refractivity contribution in [2.24, 2.45) is 0 Å².